The fourth-order valence-corrected chi connectivity index (χ4v) is 3.06. The van der Waals surface area contributed by atoms with Crippen LogP contribution in [-0.2, 0) is 4.79 Å². The summed E-state index contributed by atoms with van der Waals surface area (Å²) in [4.78, 5) is 16.0. The highest BCUT2D eigenvalue weighted by molar-refractivity contribution is 7.99. The summed E-state index contributed by atoms with van der Waals surface area (Å²) in [6.07, 6.45) is 5.82. The number of hydrogen-bond acceptors (Lipinski definition) is 5. The SMILES string of the molecule is CC(C)CNC(=O)CSc1nnc(-c2cccnc2)n1C1CC1. The summed E-state index contributed by atoms with van der Waals surface area (Å²) in [7, 11) is 0. The Hall–Kier alpha value is -1.89. The number of rotatable bonds is 7. The molecule has 0 atom stereocenters. The van der Waals surface area contributed by atoms with Crippen molar-refractivity contribution in [3.05, 3.63) is 24.5 Å². The van der Waals surface area contributed by atoms with Gasteiger partial charge in [0, 0.05) is 30.5 Å². The van der Waals surface area contributed by atoms with E-state index in [1.807, 2.05) is 12.1 Å². The van der Waals surface area contributed by atoms with E-state index in [4.69, 9.17) is 0 Å². The molecule has 7 heteroatoms. The van der Waals surface area contributed by atoms with E-state index in [1.165, 1.54) is 11.8 Å². The molecule has 1 aliphatic rings. The number of carbonyl (C=O) groups excluding carboxylic acids is 1. The fraction of sp³-hybridized carbons (Fsp3) is 0.500. The third-order valence-corrected chi connectivity index (χ3v) is 4.48. The maximum Gasteiger partial charge on any atom is 0.230 e. The molecule has 3 rings (SSSR count). The molecule has 1 N–H and O–H groups in total. The Labute approximate surface area is 140 Å². The van der Waals surface area contributed by atoms with Gasteiger partial charge in [0.25, 0.3) is 0 Å². The summed E-state index contributed by atoms with van der Waals surface area (Å²) in [5, 5.41) is 12.3. The normalized spacial score (nSPS) is 14.2. The van der Waals surface area contributed by atoms with E-state index in [0.29, 0.717) is 24.3 Å². The number of nitrogens with zero attached hydrogens (tertiary/aromatic N) is 4. The molecule has 1 fully saturated rings. The molecule has 0 aromatic carbocycles. The summed E-state index contributed by atoms with van der Waals surface area (Å²) >= 11 is 1.45. The van der Waals surface area contributed by atoms with E-state index in [0.717, 1.165) is 29.4 Å². The van der Waals surface area contributed by atoms with E-state index >= 15 is 0 Å². The first-order valence-corrected chi connectivity index (χ1v) is 8.88. The van der Waals surface area contributed by atoms with Gasteiger partial charge >= 0.3 is 0 Å². The second-order valence-corrected chi connectivity index (χ2v) is 7.08. The maximum atomic E-state index is 11.9. The van der Waals surface area contributed by atoms with Crippen molar-refractivity contribution in [3.8, 4) is 11.4 Å². The lowest BCUT2D eigenvalue weighted by atomic mass is 10.2. The van der Waals surface area contributed by atoms with Crippen molar-refractivity contribution >= 4 is 17.7 Å². The first kappa shape index (κ1) is 16.0. The van der Waals surface area contributed by atoms with Gasteiger partial charge in [-0.25, -0.2) is 0 Å². The fourth-order valence-electron chi connectivity index (χ4n) is 2.23. The van der Waals surface area contributed by atoms with Crippen LogP contribution in [0.1, 0.15) is 32.7 Å². The molecular weight excluding hydrogens is 310 g/mol. The first-order chi connectivity index (χ1) is 11.1. The van der Waals surface area contributed by atoms with Crippen LogP contribution in [0.25, 0.3) is 11.4 Å². The van der Waals surface area contributed by atoms with E-state index in [9.17, 15) is 4.79 Å². The summed E-state index contributed by atoms with van der Waals surface area (Å²) < 4.78 is 2.15. The molecule has 2 aromatic rings. The van der Waals surface area contributed by atoms with Crippen molar-refractivity contribution in [2.24, 2.45) is 5.92 Å². The average Bonchev–Trinajstić information content (AvgIpc) is 3.31. The zero-order valence-electron chi connectivity index (χ0n) is 13.4. The predicted octanol–water partition coefficient (Wildman–Crippen LogP) is 2.54. The van der Waals surface area contributed by atoms with Crippen LogP contribution in [0.3, 0.4) is 0 Å². The van der Waals surface area contributed by atoms with Gasteiger partial charge in [-0.05, 0) is 30.9 Å². The monoisotopic (exact) mass is 331 g/mol. The van der Waals surface area contributed by atoms with Gasteiger partial charge in [0.2, 0.25) is 5.91 Å². The van der Waals surface area contributed by atoms with E-state index in [1.54, 1.807) is 12.4 Å². The third-order valence-electron chi connectivity index (χ3n) is 3.54. The Morgan fingerprint density at radius 2 is 2.26 bits per heavy atom. The molecule has 0 unspecified atom stereocenters. The Morgan fingerprint density at radius 1 is 1.43 bits per heavy atom. The minimum Gasteiger partial charge on any atom is -0.355 e. The molecule has 2 heterocycles. The van der Waals surface area contributed by atoms with Gasteiger partial charge in [-0.15, -0.1) is 10.2 Å². The molecule has 23 heavy (non-hydrogen) atoms. The van der Waals surface area contributed by atoms with Crippen molar-refractivity contribution in [3.63, 3.8) is 0 Å². The first-order valence-electron chi connectivity index (χ1n) is 7.90. The van der Waals surface area contributed by atoms with Gasteiger partial charge < -0.3 is 5.32 Å². The van der Waals surface area contributed by atoms with Crippen LogP contribution >= 0.6 is 11.8 Å². The smallest absolute Gasteiger partial charge is 0.230 e. The number of hydrogen-bond donors (Lipinski definition) is 1. The second-order valence-electron chi connectivity index (χ2n) is 6.14. The molecule has 1 aliphatic carbocycles. The van der Waals surface area contributed by atoms with Crippen LogP contribution in [0.5, 0.6) is 0 Å². The highest BCUT2D eigenvalue weighted by atomic mass is 32.2. The van der Waals surface area contributed by atoms with E-state index < -0.39 is 0 Å². The average molecular weight is 331 g/mol. The van der Waals surface area contributed by atoms with Gasteiger partial charge in [0.05, 0.1) is 5.75 Å². The Morgan fingerprint density at radius 3 is 2.91 bits per heavy atom. The standard InChI is InChI=1S/C16H21N5OS/c1-11(2)8-18-14(22)10-23-16-20-19-15(21(16)13-5-6-13)12-4-3-7-17-9-12/h3-4,7,9,11,13H,5-6,8,10H2,1-2H3,(H,18,22). The third kappa shape index (κ3) is 4.10. The minimum absolute atomic E-state index is 0.0389. The number of nitrogens with one attached hydrogen (secondary N) is 1. The molecule has 0 saturated heterocycles. The van der Waals surface area contributed by atoms with Crippen molar-refractivity contribution < 1.29 is 4.79 Å². The zero-order chi connectivity index (χ0) is 16.2. The molecule has 1 amide bonds. The summed E-state index contributed by atoms with van der Waals surface area (Å²) in [6.45, 7) is 4.87. The lowest BCUT2D eigenvalue weighted by molar-refractivity contribution is -0.118. The number of amides is 1. The summed E-state index contributed by atoms with van der Waals surface area (Å²) in [5.74, 6) is 1.70. The largest absolute Gasteiger partial charge is 0.355 e. The quantitative estimate of drug-likeness (QED) is 0.789. The minimum atomic E-state index is 0.0389. The Balaban J connectivity index is 1.71. The van der Waals surface area contributed by atoms with E-state index in [-0.39, 0.29) is 5.91 Å². The van der Waals surface area contributed by atoms with Crippen LogP contribution < -0.4 is 5.32 Å². The van der Waals surface area contributed by atoms with Crippen molar-refractivity contribution in [2.75, 3.05) is 12.3 Å². The number of thioether (sulfide) groups is 1. The van der Waals surface area contributed by atoms with Crippen LogP contribution in [0.15, 0.2) is 29.7 Å². The van der Waals surface area contributed by atoms with Gasteiger partial charge in [-0.3, -0.25) is 14.3 Å². The topological polar surface area (TPSA) is 72.7 Å². The van der Waals surface area contributed by atoms with Crippen LogP contribution in [-0.4, -0.2) is 38.0 Å². The number of carbonyl (C=O) groups is 1. The molecule has 0 radical (unpaired) electrons. The predicted molar refractivity (Wildman–Crippen MR) is 90.1 cm³/mol. The van der Waals surface area contributed by atoms with Gasteiger partial charge in [-0.2, -0.15) is 0 Å². The lowest BCUT2D eigenvalue weighted by Crippen LogP contribution is -2.28. The van der Waals surface area contributed by atoms with E-state index in [2.05, 4.69) is 38.9 Å². The maximum absolute atomic E-state index is 11.9. The van der Waals surface area contributed by atoms with Crippen molar-refractivity contribution in [2.45, 2.75) is 37.9 Å². The molecule has 1 saturated carbocycles. The van der Waals surface area contributed by atoms with Gasteiger partial charge in [-0.1, -0.05) is 25.6 Å². The highest BCUT2D eigenvalue weighted by Crippen LogP contribution is 2.40. The molecular formula is C16H21N5OS. The Bertz CT molecular complexity index is 666. The molecule has 122 valence electrons. The highest BCUT2D eigenvalue weighted by Gasteiger charge is 2.30. The second kappa shape index (κ2) is 7.12. The zero-order valence-corrected chi connectivity index (χ0v) is 14.2. The molecule has 0 bridgehead atoms. The van der Waals surface area contributed by atoms with Crippen LogP contribution in [0, 0.1) is 5.92 Å². The lowest BCUT2D eigenvalue weighted by Gasteiger charge is -2.09. The van der Waals surface area contributed by atoms with Crippen molar-refractivity contribution in [1.29, 1.82) is 0 Å². The molecule has 0 aliphatic heterocycles. The summed E-state index contributed by atoms with van der Waals surface area (Å²) in [6, 6.07) is 4.33. The van der Waals surface area contributed by atoms with Gasteiger partial charge in [0.1, 0.15) is 0 Å². The Kier molecular flexibility index (Phi) is 4.95. The van der Waals surface area contributed by atoms with Crippen molar-refractivity contribution in [1.82, 2.24) is 25.1 Å². The van der Waals surface area contributed by atoms with Crippen LogP contribution in [0.4, 0.5) is 0 Å². The van der Waals surface area contributed by atoms with Gasteiger partial charge in [0.15, 0.2) is 11.0 Å². The molecule has 6 nitrogen and oxygen atoms in total. The summed E-state index contributed by atoms with van der Waals surface area (Å²) in [5.41, 5.74) is 0.961. The molecule has 2 aromatic heterocycles. The molecule has 0 spiro atoms. The number of aromatic nitrogens is 4. The number of pyridine rings is 1. The van der Waals surface area contributed by atoms with Crippen LogP contribution in [0.2, 0.25) is 0 Å².